The Morgan fingerprint density at radius 3 is 2.50 bits per heavy atom. The second-order valence-corrected chi connectivity index (χ2v) is 4.51. The van der Waals surface area contributed by atoms with Gasteiger partial charge in [-0.2, -0.15) is 5.10 Å². The monoisotopic (exact) mass is 193 g/mol. The molecule has 2 rings (SSSR count). The van der Waals surface area contributed by atoms with Crippen LogP contribution in [0, 0.1) is 6.92 Å². The maximum absolute atomic E-state index is 5.92. The third-order valence-electron chi connectivity index (χ3n) is 3.42. The lowest BCUT2D eigenvalue weighted by molar-refractivity contribution is 0.573. The van der Waals surface area contributed by atoms with Crippen molar-refractivity contribution in [1.29, 1.82) is 0 Å². The second kappa shape index (κ2) is 3.01. The number of hydrogen-bond donors (Lipinski definition) is 1. The van der Waals surface area contributed by atoms with E-state index >= 15 is 0 Å². The molecule has 0 aliphatic heterocycles. The van der Waals surface area contributed by atoms with Crippen LogP contribution in [-0.2, 0) is 12.5 Å². The first-order chi connectivity index (χ1) is 6.60. The average molecular weight is 193 g/mol. The second-order valence-electron chi connectivity index (χ2n) is 4.51. The van der Waals surface area contributed by atoms with Gasteiger partial charge in [-0.1, -0.05) is 13.3 Å². The molecule has 3 nitrogen and oxygen atoms in total. The van der Waals surface area contributed by atoms with Crippen molar-refractivity contribution >= 4 is 5.82 Å². The smallest absolute Gasteiger partial charge is 0.124 e. The van der Waals surface area contributed by atoms with Gasteiger partial charge in [-0.05, 0) is 26.2 Å². The van der Waals surface area contributed by atoms with Gasteiger partial charge >= 0.3 is 0 Å². The van der Waals surface area contributed by atoms with Gasteiger partial charge in [-0.15, -0.1) is 0 Å². The van der Waals surface area contributed by atoms with Crippen LogP contribution in [0.4, 0.5) is 5.82 Å². The maximum Gasteiger partial charge on any atom is 0.124 e. The van der Waals surface area contributed by atoms with E-state index in [9.17, 15) is 0 Å². The third-order valence-corrected chi connectivity index (χ3v) is 3.42. The van der Waals surface area contributed by atoms with Crippen LogP contribution in [0.2, 0.25) is 0 Å². The van der Waals surface area contributed by atoms with E-state index in [0.717, 1.165) is 5.82 Å². The van der Waals surface area contributed by atoms with Crippen LogP contribution in [0.25, 0.3) is 0 Å². The minimum atomic E-state index is 0.383. The highest BCUT2D eigenvalue weighted by Crippen LogP contribution is 2.52. The van der Waals surface area contributed by atoms with Gasteiger partial charge in [0.25, 0.3) is 0 Å². The molecule has 0 aromatic carbocycles. The van der Waals surface area contributed by atoms with Crippen molar-refractivity contribution in [2.24, 2.45) is 7.05 Å². The molecule has 0 atom stereocenters. The molecule has 1 aromatic heterocycles. The molecule has 0 spiro atoms. The predicted octanol–water partition coefficient (Wildman–Crippen LogP) is 2.14. The summed E-state index contributed by atoms with van der Waals surface area (Å²) in [6.45, 7) is 4.33. The SMILES string of the molecule is CCCC1(c2nn(C)c(N)c2C)CC1. The van der Waals surface area contributed by atoms with Crippen molar-refractivity contribution in [2.45, 2.75) is 44.9 Å². The average Bonchev–Trinajstić information content (AvgIpc) is 2.88. The molecular weight excluding hydrogens is 174 g/mol. The van der Waals surface area contributed by atoms with Crippen LogP contribution in [0.15, 0.2) is 0 Å². The predicted molar refractivity (Wildman–Crippen MR) is 58.2 cm³/mol. The Kier molecular flexibility index (Phi) is 2.05. The van der Waals surface area contributed by atoms with Gasteiger partial charge < -0.3 is 5.73 Å². The highest BCUT2D eigenvalue weighted by atomic mass is 15.3. The number of nitrogen functional groups attached to an aromatic ring is 1. The fourth-order valence-electron chi connectivity index (χ4n) is 2.38. The summed E-state index contributed by atoms with van der Waals surface area (Å²) in [6, 6.07) is 0. The van der Waals surface area contributed by atoms with Gasteiger partial charge in [0.05, 0.1) is 5.69 Å². The van der Waals surface area contributed by atoms with Crippen molar-refractivity contribution in [1.82, 2.24) is 9.78 Å². The van der Waals surface area contributed by atoms with Crippen molar-refractivity contribution in [3.05, 3.63) is 11.3 Å². The number of aryl methyl sites for hydroxylation is 1. The zero-order valence-electron chi connectivity index (χ0n) is 9.30. The van der Waals surface area contributed by atoms with Gasteiger partial charge in [0.1, 0.15) is 5.82 Å². The van der Waals surface area contributed by atoms with E-state index in [4.69, 9.17) is 5.73 Å². The molecule has 0 unspecified atom stereocenters. The fourth-order valence-corrected chi connectivity index (χ4v) is 2.38. The first kappa shape index (κ1) is 9.56. The summed E-state index contributed by atoms with van der Waals surface area (Å²) < 4.78 is 1.81. The molecule has 0 radical (unpaired) electrons. The van der Waals surface area contributed by atoms with E-state index in [1.807, 2.05) is 7.05 Å². The standard InChI is InChI=1S/C11H19N3/c1-4-5-11(6-7-11)9-8(2)10(12)14(3)13-9/h4-7,12H2,1-3H3. The Morgan fingerprint density at radius 1 is 1.50 bits per heavy atom. The first-order valence-corrected chi connectivity index (χ1v) is 5.40. The molecule has 0 saturated heterocycles. The number of aromatic nitrogens is 2. The zero-order chi connectivity index (χ0) is 10.3. The Labute approximate surface area is 85.3 Å². The Hall–Kier alpha value is -0.990. The summed E-state index contributed by atoms with van der Waals surface area (Å²) in [5, 5.41) is 4.55. The van der Waals surface area contributed by atoms with Gasteiger partial charge in [-0.3, -0.25) is 4.68 Å². The van der Waals surface area contributed by atoms with Crippen LogP contribution in [0.3, 0.4) is 0 Å². The lowest BCUT2D eigenvalue weighted by Crippen LogP contribution is -2.08. The van der Waals surface area contributed by atoms with Crippen molar-refractivity contribution < 1.29 is 0 Å². The highest BCUT2D eigenvalue weighted by Gasteiger charge is 2.46. The zero-order valence-corrected chi connectivity index (χ0v) is 9.30. The lowest BCUT2D eigenvalue weighted by atomic mass is 9.94. The number of nitrogens with two attached hydrogens (primary N) is 1. The van der Waals surface area contributed by atoms with E-state index < -0.39 is 0 Å². The molecule has 1 aromatic rings. The number of hydrogen-bond acceptors (Lipinski definition) is 2. The van der Waals surface area contributed by atoms with Crippen LogP contribution < -0.4 is 5.73 Å². The quantitative estimate of drug-likeness (QED) is 0.799. The Morgan fingerprint density at radius 2 is 2.14 bits per heavy atom. The van der Waals surface area contributed by atoms with E-state index in [1.54, 1.807) is 4.68 Å². The molecule has 0 bridgehead atoms. The molecule has 1 fully saturated rings. The fraction of sp³-hybridized carbons (Fsp3) is 0.727. The number of anilines is 1. The molecule has 1 aliphatic carbocycles. The summed E-state index contributed by atoms with van der Waals surface area (Å²) in [7, 11) is 1.92. The van der Waals surface area contributed by atoms with E-state index in [0.29, 0.717) is 5.41 Å². The van der Waals surface area contributed by atoms with Crippen molar-refractivity contribution in [3.8, 4) is 0 Å². The summed E-state index contributed by atoms with van der Waals surface area (Å²) in [5.74, 6) is 0.822. The third kappa shape index (κ3) is 1.22. The van der Waals surface area contributed by atoms with Crippen molar-refractivity contribution in [3.63, 3.8) is 0 Å². The minimum absolute atomic E-state index is 0.383. The van der Waals surface area contributed by atoms with Gasteiger partial charge in [0.2, 0.25) is 0 Å². The molecule has 1 heterocycles. The Balaban J connectivity index is 2.37. The van der Waals surface area contributed by atoms with E-state index in [-0.39, 0.29) is 0 Å². The van der Waals surface area contributed by atoms with E-state index in [2.05, 4.69) is 18.9 Å². The van der Waals surface area contributed by atoms with Gasteiger partial charge in [0.15, 0.2) is 0 Å². The summed E-state index contributed by atoms with van der Waals surface area (Å²) in [6.07, 6.45) is 5.07. The van der Waals surface area contributed by atoms with Crippen LogP contribution in [0.5, 0.6) is 0 Å². The summed E-state index contributed by atoms with van der Waals surface area (Å²) in [4.78, 5) is 0. The molecule has 1 aliphatic rings. The topological polar surface area (TPSA) is 43.8 Å². The molecule has 78 valence electrons. The number of rotatable bonds is 3. The maximum atomic E-state index is 5.92. The molecule has 14 heavy (non-hydrogen) atoms. The molecule has 2 N–H and O–H groups in total. The van der Waals surface area contributed by atoms with Crippen LogP contribution >= 0.6 is 0 Å². The lowest BCUT2D eigenvalue weighted by Gasteiger charge is -2.11. The first-order valence-electron chi connectivity index (χ1n) is 5.40. The normalized spacial score (nSPS) is 18.5. The summed E-state index contributed by atoms with van der Waals surface area (Å²) in [5.41, 5.74) is 8.75. The molecule has 0 amide bonds. The molecule has 3 heteroatoms. The van der Waals surface area contributed by atoms with Gasteiger partial charge in [-0.25, -0.2) is 0 Å². The largest absolute Gasteiger partial charge is 0.384 e. The van der Waals surface area contributed by atoms with Crippen LogP contribution in [0.1, 0.15) is 43.9 Å². The molecule has 1 saturated carbocycles. The van der Waals surface area contributed by atoms with Crippen LogP contribution in [-0.4, -0.2) is 9.78 Å². The van der Waals surface area contributed by atoms with Gasteiger partial charge in [0, 0.05) is 18.0 Å². The van der Waals surface area contributed by atoms with Crippen molar-refractivity contribution in [2.75, 3.05) is 5.73 Å². The number of nitrogens with zero attached hydrogens (tertiary/aromatic N) is 2. The van der Waals surface area contributed by atoms with E-state index in [1.165, 1.54) is 36.9 Å². The molecular formula is C11H19N3. The summed E-state index contributed by atoms with van der Waals surface area (Å²) >= 11 is 0. The highest BCUT2D eigenvalue weighted by molar-refractivity contribution is 5.46. The minimum Gasteiger partial charge on any atom is -0.384 e. The Bertz CT molecular complexity index is 348.